The van der Waals surface area contributed by atoms with Crippen molar-refractivity contribution >= 4 is 5.69 Å². The number of benzene rings is 1. The zero-order valence-corrected chi connectivity index (χ0v) is 12.6. The molecule has 2 aliphatic rings. The van der Waals surface area contributed by atoms with Gasteiger partial charge in [-0.3, -0.25) is 0 Å². The van der Waals surface area contributed by atoms with E-state index in [0.29, 0.717) is 6.04 Å². The maximum absolute atomic E-state index is 10.3. The lowest BCUT2D eigenvalue weighted by Gasteiger charge is -2.46. The number of hydrogen-bond donors (Lipinski definition) is 1. The number of hydrogen-bond acceptors (Lipinski definition) is 2. The van der Waals surface area contributed by atoms with E-state index in [-0.39, 0.29) is 6.10 Å². The Labute approximate surface area is 122 Å². The van der Waals surface area contributed by atoms with Gasteiger partial charge < -0.3 is 10.0 Å². The number of fused-ring (bicyclic) bond motifs is 1. The summed E-state index contributed by atoms with van der Waals surface area (Å²) in [6, 6.07) is 9.21. The van der Waals surface area contributed by atoms with Gasteiger partial charge in [0.15, 0.2) is 0 Å². The van der Waals surface area contributed by atoms with Gasteiger partial charge in [0.1, 0.15) is 0 Å². The van der Waals surface area contributed by atoms with E-state index >= 15 is 0 Å². The average Bonchev–Trinajstić information content (AvgIpc) is 2.53. The van der Waals surface area contributed by atoms with Crippen LogP contribution in [-0.4, -0.2) is 17.7 Å². The summed E-state index contributed by atoms with van der Waals surface area (Å²) in [4.78, 5) is 2.61. The van der Waals surface area contributed by atoms with E-state index in [2.05, 4.69) is 36.1 Å². The molecule has 2 heteroatoms. The highest BCUT2D eigenvalue weighted by molar-refractivity contribution is 5.56. The van der Waals surface area contributed by atoms with Crippen LogP contribution < -0.4 is 4.90 Å². The second-order valence-corrected chi connectivity index (χ2v) is 6.43. The van der Waals surface area contributed by atoms with E-state index in [1.807, 2.05) is 0 Å². The van der Waals surface area contributed by atoms with Crippen molar-refractivity contribution < 1.29 is 5.11 Å². The van der Waals surface area contributed by atoms with Crippen LogP contribution in [0.1, 0.15) is 63.5 Å². The third-order valence-electron chi connectivity index (χ3n) is 5.24. The van der Waals surface area contributed by atoms with Crippen molar-refractivity contribution in [3.8, 4) is 0 Å². The van der Waals surface area contributed by atoms with Gasteiger partial charge in [0.05, 0.1) is 6.10 Å². The second kappa shape index (κ2) is 6.17. The largest absolute Gasteiger partial charge is 0.388 e. The first kappa shape index (κ1) is 13.9. The Morgan fingerprint density at radius 1 is 1.15 bits per heavy atom. The topological polar surface area (TPSA) is 23.5 Å². The quantitative estimate of drug-likeness (QED) is 0.888. The van der Waals surface area contributed by atoms with Crippen molar-refractivity contribution in [2.45, 2.75) is 64.0 Å². The molecule has 1 heterocycles. The number of piperidine rings is 1. The van der Waals surface area contributed by atoms with Gasteiger partial charge in [-0.15, -0.1) is 0 Å². The number of nitrogens with zero attached hydrogens (tertiary/aromatic N) is 1. The lowest BCUT2D eigenvalue weighted by Crippen LogP contribution is -2.47. The van der Waals surface area contributed by atoms with Crippen LogP contribution in [0, 0.1) is 5.92 Å². The summed E-state index contributed by atoms with van der Waals surface area (Å²) in [5.41, 5.74) is 2.42. The van der Waals surface area contributed by atoms with Crippen LogP contribution in [0.15, 0.2) is 24.3 Å². The van der Waals surface area contributed by atoms with E-state index in [0.717, 1.165) is 24.4 Å². The van der Waals surface area contributed by atoms with Gasteiger partial charge >= 0.3 is 0 Å². The molecule has 110 valence electrons. The van der Waals surface area contributed by atoms with E-state index in [9.17, 15) is 5.11 Å². The number of rotatable bonds is 3. The van der Waals surface area contributed by atoms with E-state index in [4.69, 9.17) is 0 Å². The minimum Gasteiger partial charge on any atom is -0.388 e. The van der Waals surface area contributed by atoms with Gasteiger partial charge in [0, 0.05) is 23.8 Å². The Kier molecular flexibility index (Phi) is 4.30. The molecule has 1 aromatic rings. The molecule has 2 unspecified atom stereocenters. The smallest absolute Gasteiger partial charge is 0.0807 e. The first-order valence-electron chi connectivity index (χ1n) is 8.35. The molecule has 0 aromatic heterocycles. The van der Waals surface area contributed by atoms with Gasteiger partial charge in [0.25, 0.3) is 0 Å². The Balaban J connectivity index is 1.91. The lowest BCUT2D eigenvalue weighted by molar-refractivity contribution is 0.173. The summed E-state index contributed by atoms with van der Waals surface area (Å²) in [5, 5.41) is 10.3. The van der Waals surface area contributed by atoms with Crippen LogP contribution in [0.2, 0.25) is 0 Å². The maximum Gasteiger partial charge on any atom is 0.0807 e. The molecule has 1 saturated carbocycles. The molecule has 0 spiro atoms. The first-order valence-corrected chi connectivity index (χ1v) is 8.35. The minimum absolute atomic E-state index is 0.324. The fourth-order valence-corrected chi connectivity index (χ4v) is 4.17. The van der Waals surface area contributed by atoms with Gasteiger partial charge in [-0.2, -0.15) is 0 Å². The molecule has 1 aromatic carbocycles. The number of aliphatic hydroxyl groups excluding tert-OH is 1. The molecule has 1 aliphatic heterocycles. The maximum atomic E-state index is 10.3. The van der Waals surface area contributed by atoms with E-state index < -0.39 is 0 Å². The molecule has 3 rings (SSSR count). The van der Waals surface area contributed by atoms with Gasteiger partial charge in [-0.25, -0.2) is 0 Å². The van der Waals surface area contributed by atoms with Crippen molar-refractivity contribution in [3.05, 3.63) is 29.8 Å². The van der Waals surface area contributed by atoms with Crippen molar-refractivity contribution in [2.75, 3.05) is 11.4 Å². The molecule has 20 heavy (non-hydrogen) atoms. The molecule has 3 atom stereocenters. The van der Waals surface area contributed by atoms with Crippen molar-refractivity contribution in [2.24, 2.45) is 5.92 Å². The highest BCUT2D eigenvalue weighted by Crippen LogP contribution is 2.40. The predicted molar refractivity (Wildman–Crippen MR) is 84.0 cm³/mol. The highest BCUT2D eigenvalue weighted by atomic mass is 16.3. The lowest BCUT2D eigenvalue weighted by atomic mass is 9.78. The van der Waals surface area contributed by atoms with Crippen LogP contribution in [0.4, 0.5) is 5.69 Å². The Hall–Kier alpha value is -1.02. The first-order chi connectivity index (χ1) is 9.81. The Bertz CT molecular complexity index is 443. The molecule has 2 fully saturated rings. The third-order valence-corrected chi connectivity index (χ3v) is 5.24. The van der Waals surface area contributed by atoms with Gasteiger partial charge in [-0.1, -0.05) is 38.0 Å². The fourth-order valence-electron chi connectivity index (χ4n) is 4.17. The van der Waals surface area contributed by atoms with Crippen LogP contribution >= 0.6 is 0 Å². The summed E-state index contributed by atoms with van der Waals surface area (Å²) in [5.74, 6) is 0.879. The van der Waals surface area contributed by atoms with E-state index in [1.54, 1.807) is 0 Å². The second-order valence-electron chi connectivity index (χ2n) is 6.43. The van der Waals surface area contributed by atoms with Crippen molar-refractivity contribution in [1.82, 2.24) is 0 Å². The van der Waals surface area contributed by atoms with Crippen molar-refractivity contribution in [3.63, 3.8) is 0 Å². The Morgan fingerprint density at radius 3 is 2.75 bits per heavy atom. The average molecular weight is 273 g/mol. The molecule has 1 saturated heterocycles. The fraction of sp³-hybridized carbons (Fsp3) is 0.667. The highest BCUT2D eigenvalue weighted by Gasteiger charge is 2.34. The monoisotopic (exact) mass is 273 g/mol. The summed E-state index contributed by atoms with van der Waals surface area (Å²) in [7, 11) is 0. The third kappa shape index (κ3) is 2.58. The van der Waals surface area contributed by atoms with Gasteiger partial charge in [-0.05, 0) is 44.1 Å². The Morgan fingerprint density at radius 2 is 1.90 bits per heavy atom. The standard InChI is InChI=1S/C18H27NO/c1-2-18(20)15-10-4-6-12-17(15)19-13-7-9-14-8-3-5-11-16(14)19/h4,6,10,12,14,16,18,20H,2-3,5,7-9,11,13H2,1H3/t14?,16?,18-/m0/s1. The summed E-state index contributed by atoms with van der Waals surface area (Å²) < 4.78 is 0. The van der Waals surface area contributed by atoms with Crippen LogP contribution in [0.25, 0.3) is 0 Å². The zero-order chi connectivity index (χ0) is 13.9. The molecule has 0 amide bonds. The number of para-hydroxylation sites is 1. The SMILES string of the molecule is CC[C@H](O)c1ccccc1N1CCCC2CCCCC21. The van der Waals surface area contributed by atoms with Gasteiger partial charge in [0.2, 0.25) is 0 Å². The number of anilines is 1. The molecule has 0 radical (unpaired) electrons. The molecule has 2 nitrogen and oxygen atoms in total. The van der Waals surface area contributed by atoms with E-state index in [1.165, 1.54) is 44.2 Å². The molecular formula is C18H27NO. The molecular weight excluding hydrogens is 246 g/mol. The van der Waals surface area contributed by atoms with Crippen LogP contribution in [-0.2, 0) is 0 Å². The normalized spacial score (nSPS) is 28.0. The molecule has 1 aliphatic carbocycles. The predicted octanol–water partition coefficient (Wildman–Crippen LogP) is 4.29. The summed E-state index contributed by atoms with van der Waals surface area (Å²) in [6.45, 7) is 3.22. The van der Waals surface area contributed by atoms with Crippen molar-refractivity contribution in [1.29, 1.82) is 0 Å². The zero-order valence-electron chi connectivity index (χ0n) is 12.6. The molecule has 1 N–H and O–H groups in total. The van der Waals surface area contributed by atoms with Crippen LogP contribution in [0.5, 0.6) is 0 Å². The summed E-state index contributed by atoms with van der Waals surface area (Å²) in [6.07, 6.45) is 8.69. The minimum atomic E-state index is -0.324. The summed E-state index contributed by atoms with van der Waals surface area (Å²) >= 11 is 0. The van der Waals surface area contributed by atoms with Crippen LogP contribution in [0.3, 0.4) is 0 Å². The molecule has 0 bridgehead atoms. The number of aliphatic hydroxyl groups is 1.